The number of hydrogen-bond donors (Lipinski definition) is 0. The van der Waals surface area contributed by atoms with Crippen LogP contribution in [-0.4, -0.2) is 32.1 Å². The molecule has 2 fully saturated rings. The van der Waals surface area contributed by atoms with E-state index in [1.165, 1.54) is 30.4 Å². The molecule has 2 aliphatic rings. The summed E-state index contributed by atoms with van der Waals surface area (Å²) in [6.45, 7) is 14.1. The molecule has 1 atom stereocenters. The molecule has 0 radical (unpaired) electrons. The van der Waals surface area contributed by atoms with E-state index in [0.717, 1.165) is 67.6 Å². The maximum absolute atomic E-state index is 14.3. The van der Waals surface area contributed by atoms with E-state index in [1.54, 1.807) is 0 Å². The minimum atomic E-state index is -0.0747. The Morgan fingerprint density at radius 3 is 2.37 bits per heavy atom. The number of benzene rings is 3. The first kappa shape index (κ1) is 31.4. The molecule has 1 aliphatic carbocycles. The molecule has 43 heavy (non-hydrogen) atoms. The fourth-order valence-corrected chi connectivity index (χ4v) is 6.70. The lowest BCUT2D eigenvalue weighted by Crippen LogP contribution is -2.40. The van der Waals surface area contributed by atoms with E-state index in [4.69, 9.17) is 16.3 Å². The van der Waals surface area contributed by atoms with Crippen molar-refractivity contribution in [1.29, 1.82) is 0 Å². The van der Waals surface area contributed by atoms with E-state index in [2.05, 4.69) is 75.9 Å². The predicted octanol–water partition coefficient (Wildman–Crippen LogP) is 9.79. The number of carbonyl (C=O) groups excluding carboxylic acids is 1. The number of anilines is 2. The third kappa shape index (κ3) is 8.15. The van der Waals surface area contributed by atoms with Crippen molar-refractivity contribution in [3.8, 4) is 5.75 Å². The number of rotatable bonds is 11. The Bertz CT molecular complexity index is 1380. The van der Waals surface area contributed by atoms with Gasteiger partial charge in [0.25, 0.3) is 5.91 Å². The number of ether oxygens (including phenoxy) is 1. The Hall–Kier alpha value is -2.98. The minimum Gasteiger partial charge on any atom is -0.493 e. The molecule has 3 aromatic rings. The number of carbonyl (C=O) groups is 1. The Kier molecular flexibility index (Phi) is 10.1. The van der Waals surface area contributed by atoms with Crippen molar-refractivity contribution in [3.63, 3.8) is 0 Å². The fraction of sp³-hybridized carbons (Fsp3) is 0.500. The molecule has 1 heterocycles. The van der Waals surface area contributed by atoms with Gasteiger partial charge in [0.2, 0.25) is 0 Å². The number of hydrogen-bond acceptors (Lipinski definition) is 3. The molecule has 1 unspecified atom stereocenters. The lowest BCUT2D eigenvalue weighted by atomic mass is 9.91. The van der Waals surface area contributed by atoms with E-state index < -0.39 is 0 Å². The van der Waals surface area contributed by atoms with Gasteiger partial charge < -0.3 is 14.5 Å². The number of aryl methyl sites for hydroxylation is 1. The summed E-state index contributed by atoms with van der Waals surface area (Å²) in [5.41, 5.74) is 5.24. The molecule has 0 bridgehead atoms. The summed E-state index contributed by atoms with van der Waals surface area (Å²) in [4.78, 5) is 18.6. The average Bonchev–Trinajstić information content (AvgIpc) is 3.84. The topological polar surface area (TPSA) is 32.8 Å². The van der Waals surface area contributed by atoms with Gasteiger partial charge in [-0.25, -0.2) is 0 Å². The molecule has 0 spiro atoms. The Morgan fingerprint density at radius 1 is 0.977 bits per heavy atom. The molecule has 3 aromatic carbocycles. The van der Waals surface area contributed by atoms with Gasteiger partial charge in [-0.15, -0.1) is 0 Å². The van der Waals surface area contributed by atoms with Gasteiger partial charge in [0.15, 0.2) is 0 Å². The second-order valence-electron chi connectivity index (χ2n) is 13.8. The first-order chi connectivity index (χ1) is 20.6. The van der Waals surface area contributed by atoms with Crippen molar-refractivity contribution in [3.05, 3.63) is 88.4 Å². The third-order valence-electron chi connectivity index (χ3n) is 9.06. The van der Waals surface area contributed by atoms with Crippen molar-refractivity contribution >= 4 is 28.9 Å². The van der Waals surface area contributed by atoms with Gasteiger partial charge in [-0.3, -0.25) is 4.79 Å². The zero-order chi connectivity index (χ0) is 30.6. The summed E-state index contributed by atoms with van der Waals surface area (Å²) < 4.78 is 6.37. The standard InChI is InChI=1S/C38H49ClN2O2/c1-6-27-14-17-35(37(42)41(26-38(3,4)5)32-12-9-11-31(39)24-32)36(22-27)40-20-18-28(19-21-40)25-43-33-13-8-10-30(23-33)34(7-2)29-15-16-29/h8-14,17,22-24,28-29,34H,6-7,15-16,18-21,25-26H2,1-5H3. The van der Waals surface area contributed by atoms with Crippen LogP contribution >= 0.6 is 11.6 Å². The van der Waals surface area contributed by atoms with Crippen LogP contribution in [0.4, 0.5) is 11.4 Å². The van der Waals surface area contributed by atoms with Crippen LogP contribution in [0.5, 0.6) is 5.75 Å². The lowest BCUT2D eigenvalue weighted by molar-refractivity contribution is 0.0978. The molecule has 230 valence electrons. The van der Waals surface area contributed by atoms with Crippen molar-refractivity contribution in [1.82, 2.24) is 0 Å². The van der Waals surface area contributed by atoms with Crippen molar-refractivity contribution in [2.45, 2.75) is 79.1 Å². The Balaban J connectivity index is 1.29. The van der Waals surface area contributed by atoms with E-state index in [1.807, 2.05) is 35.2 Å². The molecular formula is C38H49ClN2O2. The summed E-state index contributed by atoms with van der Waals surface area (Å²) in [5.74, 6) is 3.06. The van der Waals surface area contributed by atoms with E-state index in [9.17, 15) is 4.79 Å². The highest BCUT2D eigenvalue weighted by Crippen LogP contribution is 2.45. The van der Waals surface area contributed by atoms with Gasteiger partial charge >= 0.3 is 0 Å². The molecule has 0 N–H and O–H groups in total. The zero-order valence-corrected chi connectivity index (χ0v) is 27.5. The first-order valence-electron chi connectivity index (χ1n) is 16.3. The van der Waals surface area contributed by atoms with Crippen LogP contribution in [0, 0.1) is 17.3 Å². The minimum absolute atomic E-state index is 0.0248. The zero-order valence-electron chi connectivity index (χ0n) is 26.7. The Morgan fingerprint density at radius 2 is 1.72 bits per heavy atom. The quantitative estimate of drug-likeness (QED) is 0.219. The van der Waals surface area contributed by atoms with E-state index >= 15 is 0 Å². The lowest BCUT2D eigenvalue weighted by Gasteiger charge is -2.36. The number of piperidine rings is 1. The maximum atomic E-state index is 14.3. The molecule has 4 nitrogen and oxygen atoms in total. The monoisotopic (exact) mass is 600 g/mol. The molecule has 5 heteroatoms. The maximum Gasteiger partial charge on any atom is 0.260 e. The van der Waals surface area contributed by atoms with Crippen LogP contribution in [0.15, 0.2) is 66.7 Å². The summed E-state index contributed by atoms with van der Waals surface area (Å²) in [5, 5.41) is 0.634. The van der Waals surface area contributed by atoms with Crippen LogP contribution in [-0.2, 0) is 6.42 Å². The fourth-order valence-electron chi connectivity index (χ4n) is 6.51. The van der Waals surface area contributed by atoms with Gasteiger partial charge in [0.05, 0.1) is 12.2 Å². The molecule has 5 rings (SSSR count). The number of nitrogens with zero attached hydrogens (tertiary/aromatic N) is 2. The van der Waals surface area contributed by atoms with Crippen molar-refractivity contribution in [2.24, 2.45) is 17.3 Å². The first-order valence-corrected chi connectivity index (χ1v) is 16.7. The molecule has 1 saturated carbocycles. The van der Waals surface area contributed by atoms with Gasteiger partial charge in [0.1, 0.15) is 5.75 Å². The highest BCUT2D eigenvalue weighted by atomic mass is 35.5. The number of amides is 1. The summed E-state index contributed by atoms with van der Waals surface area (Å²) in [6.07, 6.45) is 6.96. The SMILES string of the molecule is CCc1ccc(C(=O)N(CC(C)(C)C)c2cccc(Cl)c2)c(N2CCC(COc3cccc(C(CC)C4CC4)c3)CC2)c1. The van der Waals surface area contributed by atoms with Gasteiger partial charge in [-0.1, -0.05) is 70.5 Å². The normalized spacial score (nSPS) is 16.7. The second kappa shape index (κ2) is 13.8. The van der Waals surface area contributed by atoms with Crippen LogP contribution < -0.4 is 14.5 Å². The van der Waals surface area contributed by atoms with E-state index in [0.29, 0.717) is 23.4 Å². The van der Waals surface area contributed by atoms with Crippen LogP contribution in [0.25, 0.3) is 0 Å². The molecule has 1 saturated heterocycles. The third-order valence-corrected chi connectivity index (χ3v) is 9.29. The summed E-state index contributed by atoms with van der Waals surface area (Å²) in [7, 11) is 0. The molecule has 1 aliphatic heterocycles. The molecule has 0 aromatic heterocycles. The van der Waals surface area contributed by atoms with Gasteiger partial charge in [-0.2, -0.15) is 0 Å². The van der Waals surface area contributed by atoms with Crippen LogP contribution in [0.2, 0.25) is 5.02 Å². The second-order valence-corrected chi connectivity index (χ2v) is 14.2. The van der Waals surface area contributed by atoms with Crippen LogP contribution in [0.3, 0.4) is 0 Å². The average molecular weight is 601 g/mol. The van der Waals surface area contributed by atoms with E-state index in [-0.39, 0.29) is 11.3 Å². The Labute approximate surface area is 264 Å². The van der Waals surface area contributed by atoms with Gasteiger partial charge in [0, 0.05) is 36.0 Å². The van der Waals surface area contributed by atoms with Crippen molar-refractivity contribution < 1.29 is 9.53 Å². The summed E-state index contributed by atoms with van der Waals surface area (Å²) in [6, 6.07) is 22.8. The number of halogens is 1. The highest BCUT2D eigenvalue weighted by Gasteiger charge is 2.31. The molecule has 1 amide bonds. The van der Waals surface area contributed by atoms with Gasteiger partial charge in [-0.05, 0) is 115 Å². The van der Waals surface area contributed by atoms with Crippen LogP contribution in [0.1, 0.15) is 94.1 Å². The largest absolute Gasteiger partial charge is 0.493 e. The molecular weight excluding hydrogens is 552 g/mol. The predicted molar refractivity (Wildman–Crippen MR) is 181 cm³/mol. The smallest absolute Gasteiger partial charge is 0.260 e. The highest BCUT2D eigenvalue weighted by molar-refractivity contribution is 6.31. The summed E-state index contributed by atoms with van der Waals surface area (Å²) >= 11 is 6.37. The van der Waals surface area contributed by atoms with Crippen molar-refractivity contribution in [2.75, 3.05) is 36.0 Å².